The van der Waals surface area contributed by atoms with Crippen LogP contribution < -0.4 is 0 Å². The molecule has 1 saturated heterocycles. The van der Waals surface area contributed by atoms with E-state index in [9.17, 15) is 9.90 Å². The predicted octanol–water partition coefficient (Wildman–Crippen LogP) is 3.53. The minimum absolute atomic E-state index is 0.176. The van der Waals surface area contributed by atoms with Crippen molar-refractivity contribution in [2.45, 2.75) is 58.9 Å². The summed E-state index contributed by atoms with van der Waals surface area (Å²) in [6.07, 6.45) is 6.55. The second-order valence-electron chi connectivity index (χ2n) is 7.86. The van der Waals surface area contributed by atoms with Gasteiger partial charge in [-0.1, -0.05) is 20.8 Å². The quantitative estimate of drug-likeness (QED) is 0.914. The predicted molar refractivity (Wildman–Crippen MR) is 92.2 cm³/mol. The fraction of sp³-hybridized carbons (Fsp3) is 0.611. The molecule has 6 nitrogen and oxygen atoms in total. The number of aryl methyl sites for hydroxylation is 1. The number of hydrogen-bond acceptors (Lipinski definition) is 3. The summed E-state index contributed by atoms with van der Waals surface area (Å²) >= 11 is 0. The van der Waals surface area contributed by atoms with Crippen LogP contribution in [0.5, 0.6) is 0 Å². The highest BCUT2D eigenvalue weighted by atomic mass is 16.4. The molecule has 0 unspecified atom stereocenters. The molecule has 1 atom stereocenters. The van der Waals surface area contributed by atoms with Gasteiger partial charge in [-0.15, -0.1) is 0 Å². The molecule has 1 fully saturated rings. The molecule has 0 bridgehead atoms. The smallest absolute Gasteiger partial charge is 0.407 e. The third-order valence-electron chi connectivity index (χ3n) is 5.35. The Morgan fingerprint density at radius 1 is 1.33 bits per heavy atom. The van der Waals surface area contributed by atoms with Crippen molar-refractivity contribution in [1.29, 1.82) is 0 Å². The van der Waals surface area contributed by atoms with Gasteiger partial charge in [0.25, 0.3) is 0 Å². The van der Waals surface area contributed by atoms with Gasteiger partial charge in [0.1, 0.15) is 0 Å². The van der Waals surface area contributed by atoms with Crippen molar-refractivity contribution in [1.82, 2.24) is 19.3 Å². The monoisotopic (exact) mass is 330 g/mol. The highest BCUT2D eigenvalue weighted by molar-refractivity contribution is 5.66. The van der Waals surface area contributed by atoms with Gasteiger partial charge in [0, 0.05) is 31.1 Å². The third kappa shape index (κ3) is 2.74. The number of likely N-dealkylation sites (tertiary alicyclic amines) is 1. The van der Waals surface area contributed by atoms with E-state index in [1.165, 1.54) is 0 Å². The minimum Gasteiger partial charge on any atom is -0.465 e. The number of carbonyl (C=O) groups is 1. The van der Waals surface area contributed by atoms with Crippen LogP contribution in [0.3, 0.4) is 0 Å². The summed E-state index contributed by atoms with van der Waals surface area (Å²) in [6, 6.07) is 1.95. The SMILES string of the molecule is Cc1ccn2cc(C[C@]3(C(C)(C)C)CCCCN3C(=O)O)nc2n1. The van der Waals surface area contributed by atoms with Crippen molar-refractivity contribution in [3.05, 3.63) is 29.8 Å². The van der Waals surface area contributed by atoms with Crippen molar-refractivity contribution in [2.75, 3.05) is 6.54 Å². The Hall–Kier alpha value is -2.11. The molecule has 1 N–H and O–H groups in total. The van der Waals surface area contributed by atoms with Crippen LogP contribution in [0, 0.1) is 12.3 Å². The summed E-state index contributed by atoms with van der Waals surface area (Å²) in [5.74, 6) is 0.673. The topological polar surface area (TPSA) is 70.7 Å². The molecule has 0 spiro atoms. The van der Waals surface area contributed by atoms with Crippen LogP contribution >= 0.6 is 0 Å². The molecule has 1 aliphatic heterocycles. The van der Waals surface area contributed by atoms with Crippen molar-refractivity contribution < 1.29 is 9.90 Å². The lowest BCUT2D eigenvalue weighted by Crippen LogP contribution is -2.62. The van der Waals surface area contributed by atoms with Gasteiger partial charge in [0.2, 0.25) is 5.78 Å². The molecule has 2 aromatic rings. The maximum atomic E-state index is 11.9. The van der Waals surface area contributed by atoms with Gasteiger partial charge in [-0.05, 0) is 37.7 Å². The van der Waals surface area contributed by atoms with Crippen LogP contribution in [0.1, 0.15) is 51.4 Å². The fourth-order valence-corrected chi connectivity index (χ4v) is 3.94. The van der Waals surface area contributed by atoms with Crippen LogP contribution in [0.25, 0.3) is 5.78 Å². The van der Waals surface area contributed by atoms with E-state index >= 15 is 0 Å². The second kappa shape index (κ2) is 5.76. The van der Waals surface area contributed by atoms with E-state index < -0.39 is 11.6 Å². The summed E-state index contributed by atoms with van der Waals surface area (Å²) in [7, 11) is 0. The first-order chi connectivity index (χ1) is 11.2. The third-order valence-corrected chi connectivity index (χ3v) is 5.35. The molecule has 6 heteroatoms. The van der Waals surface area contributed by atoms with Crippen molar-refractivity contribution in [3.8, 4) is 0 Å². The summed E-state index contributed by atoms with van der Waals surface area (Å²) in [4.78, 5) is 22.7. The number of fused-ring (bicyclic) bond motifs is 1. The summed E-state index contributed by atoms with van der Waals surface area (Å²) in [6.45, 7) is 8.93. The van der Waals surface area contributed by atoms with Gasteiger partial charge in [-0.25, -0.2) is 14.8 Å². The Balaban J connectivity index is 2.03. The molecule has 1 amide bonds. The molecule has 3 heterocycles. The Morgan fingerprint density at radius 2 is 2.08 bits per heavy atom. The van der Waals surface area contributed by atoms with E-state index in [1.807, 2.05) is 29.8 Å². The van der Waals surface area contributed by atoms with Crippen LogP contribution in [0.15, 0.2) is 18.5 Å². The number of aromatic nitrogens is 3. The van der Waals surface area contributed by atoms with Crippen LogP contribution in [-0.2, 0) is 6.42 Å². The largest absolute Gasteiger partial charge is 0.465 e. The highest BCUT2D eigenvalue weighted by Gasteiger charge is 2.50. The van der Waals surface area contributed by atoms with Gasteiger partial charge in [-0.3, -0.25) is 4.40 Å². The Kier molecular flexibility index (Phi) is 4.01. The highest BCUT2D eigenvalue weighted by Crippen LogP contribution is 2.44. The lowest BCUT2D eigenvalue weighted by molar-refractivity contribution is -0.0251. The first-order valence-electron chi connectivity index (χ1n) is 8.55. The second-order valence-corrected chi connectivity index (χ2v) is 7.86. The number of carboxylic acid groups (broad SMARTS) is 1. The molecule has 0 aliphatic carbocycles. The van der Waals surface area contributed by atoms with Crippen molar-refractivity contribution in [3.63, 3.8) is 0 Å². The van der Waals surface area contributed by atoms with E-state index in [0.29, 0.717) is 18.7 Å². The molecule has 2 aromatic heterocycles. The van der Waals surface area contributed by atoms with Crippen LogP contribution in [-0.4, -0.2) is 42.6 Å². The number of rotatable bonds is 2. The lowest BCUT2D eigenvalue weighted by Gasteiger charge is -2.53. The molecular formula is C18H26N4O2. The maximum Gasteiger partial charge on any atom is 0.407 e. The van der Waals surface area contributed by atoms with Gasteiger partial charge in [0.15, 0.2) is 0 Å². The average Bonchev–Trinajstić information content (AvgIpc) is 2.87. The van der Waals surface area contributed by atoms with Crippen LogP contribution in [0.4, 0.5) is 4.79 Å². The zero-order valence-electron chi connectivity index (χ0n) is 14.9. The molecule has 0 radical (unpaired) electrons. The van der Waals surface area contributed by atoms with Crippen molar-refractivity contribution >= 4 is 11.9 Å². The zero-order valence-corrected chi connectivity index (χ0v) is 14.9. The first-order valence-corrected chi connectivity index (χ1v) is 8.55. The van der Waals surface area contributed by atoms with Gasteiger partial charge in [0.05, 0.1) is 11.2 Å². The van der Waals surface area contributed by atoms with Crippen LogP contribution in [0.2, 0.25) is 0 Å². The van der Waals surface area contributed by atoms with Gasteiger partial charge >= 0.3 is 6.09 Å². The number of hydrogen-bond donors (Lipinski definition) is 1. The van der Waals surface area contributed by atoms with E-state index in [1.54, 1.807) is 4.90 Å². The van der Waals surface area contributed by atoms with Gasteiger partial charge in [-0.2, -0.15) is 0 Å². The van der Waals surface area contributed by atoms with Gasteiger partial charge < -0.3 is 10.0 Å². The standard InChI is InChI=1S/C18H26N4O2/c1-13-7-10-21-12-14(20-15(21)19-13)11-18(17(2,3)4)8-5-6-9-22(18)16(23)24/h7,10,12H,5-6,8-9,11H2,1-4H3,(H,23,24)/t18-/m0/s1. The van der Waals surface area contributed by atoms with E-state index in [-0.39, 0.29) is 5.41 Å². The summed E-state index contributed by atoms with van der Waals surface area (Å²) in [5.41, 5.74) is 1.21. The lowest BCUT2D eigenvalue weighted by atomic mass is 9.65. The molecule has 130 valence electrons. The first kappa shape index (κ1) is 16.7. The molecule has 0 saturated carbocycles. The number of imidazole rings is 1. The minimum atomic E-state index is -0.831. The van der Waals surface area contributed by atoms with Crippen molar-refractivity contribution in [2.24, 2.45) is 5.41 Å². The fourth-order valence-electron chi connectivity index (χ4n) is 3.94. The number of amides is 1. The van der Waals surface area contributed by atoms with E-state index in [0.717, 1.165) is 30.7 Å². The number of nitrogens with zero attached hydrogens (tertiary/aromatic N) is 4. The Morgan fingerprint density at radius 3 is 2.75 bits per heavy atom. The zero-order chi connectivity index (χ0) is 17.5. The summed E-state index contributed by atoms with van der Waals surface area (Å²) in [5, 5.41) is 9.78. The molecule has 3 rings (SSSR count). The maximum absolute atomic E-state index is 11.9. The molecule has 24 heavy (non-hydrogen) atoms. The Labute approximate surface area is 142 Å². The normalized spacial score (nSPS) is 22.1. The molecular weight excluding hydrogens is 304 g/mol. The molecule has 1 aliphatic rings. The average molecular weight is 330 g/mol. The Bertz CT molecular complexity index is 762. The molecule has 0 aromatic carbocycles. The summed E-state index contributed by atoms with van der Waals surface area (Å²) < 4.78 is 1.91. The van der Waals surface area contributed by atoms with E-state index in [4.69, 9.17) is 0 Å². The number of piperidine rings is 1. The van der Waals surface area contributed by atoms with E-state index in [2.05, 4.69) is 30.7 Å².